The van der Waals surface area contributed by atoms with Gasteiger partial charge < -0.3 is 4.74 Å². The molecule has 0 bridgehead atoms. The van der Waals surface area contributed by atoms with E-state index < -0.39 is 0 Å². The van der Waals surface area contributed by atoms with Crippen LogP contribution in [0.4, 0.5) is 0 Å². The van der Waals surface area contributed by atoms with Gasteiger partial charge in [-0.1, -0.05) is 6.92 Å². The Labute approximate surface area is 41.8 Å². The smallest absolute Gasteiger partial charge is 0.299 e. The lowest BCUT2D eigenvalue weighted by molar-refractivity contribution is -0.121. The van der Waals surface area contributed by atoms with Crippen LogP contribution in [0.3, 0.4) is 0 Å². The Morgan fingerprint density at radius 1 is 2.00 bits per heavy atom. The van der Waals surface area contributed by atoms with Crippen molar-refractivity contribution in [3.05, 3.63) is 0 Å². The van der Waals surface area contributed by atoms with Crippen LogP contribution < -0.4 is 0 Å². The molecule has 0 amide bonds. The molecule has 0 aliphatic rings. The van der Waals surface area contributed by atoms with Crippen molar-refractivity contribution in [3.8, 4) is 0 Å². The summed E-state index contributed by atoms with van der Waals surface area (Å²) in [7, 11) is 0. The highest BCUT2D eigenvalue weighted by Gasteiger charge is 1.86. The third-order valence-electron chi connectivity index (χ3n) is 0.511. The molecule has 0 aromatic heterocycles. The van der Waals surface area contributed by atoms with Crippen molar-refractivity contribution in [2.24, 2.45) is 0 Å². The van der Waals surface area contributed by atoms with Gasteiger partial charge in [0.2, 0.25) is 0 Å². The van der Waals surface area contributed by atoms with Crippen molar-refractivity contribution in [3.63, 3.8) is 0 Å². The third-order valence-corrected chi connectivity index (χ3v) is 0.511. The first kappa shape index (κ1) is 6.14. The van der Waals surface area contributed by atoms with Gasteiger partial charge in [-0.25, -0.2) is 0 Å². The topological polar surface area (TPSA) is 50.1 Å². The Balaban J connectivity index is 3.17. The van der Waals surface area contributed by atoms with Crippen molar-refractivity contribution >= 4 is 12.4 Å². The molecular formula is C4H7NO2. The molecule has 0 aliphatic heterocycles. The van der Waals surface area contributed by atoms with Crippen LogP contribution >= 0.6 is 0 Å². The Hall–Kier alpha value is -0.860. The van der Waals surface area contributed by atoms with Gasteiger partial charge >= 0.3 is 0 Å². The third kappa shape index (κ3) is 2.96. The van der Waals surface area contributed by atoms with Crippen LogP contribution in [0.15, 0.2) is 0 Å². The van der Waals surface area contributed by atoms with Crippen LogP contribution in [0.25, 0.3) is 0 Å². The predicted molar refractivity (Wildman–Crippen MR) is 25.2 cm³/mol. The molecule has 0 saturated heterocycles. The van der Waals surface area contributed by atoms with E-state index in [-0.39, 0.29) is 12.4 Å². The van der Waals surface area contributed by atoms with E-state index in [1.54, 1.807) is 6.92 Å². The summed E-state index contributed by atoms with van der Waals surface area (Å²) in [5.74, 6) is 0.00926. The normalized spacial score (nSPS) is 7.57. The molecule has 0 spiro atoms. The van der Waals surface area contributed by atoms with Gasteiger partial charge in [-0.05, 0) is 0 Å². The molecule has 3 nitrogen and oxygen atoms in total. The molecule has 0 saturated carbocycles. The van der Waals surface area contributed by atoms with Gasteiger partial charge in [-0.15, -0.1) is 0 Å². The van der Waals surface area contributed by atoms with Crippen LogP contribution in [0.5, 0.6) is 0 Å². The van der Waals surface area contributed by atoms with E-state index in [0.717, 1.165) is 0 Å². The molecule has 1 N–H and O–H groups in total. The molecule has 7 heavy (non-hydrogen) atoms. The number of hydrogen-bond acceptors (Lipinski definition) is 3. The monoisotopic (exact) mass is 101 g/mol. The Bertz CT molecular complexity index is 79.8. The zero-order chi connectivity index (χ0) is 5.70. The number of hydrogen-bond donors (Lipinski definition) is 1. The second kappa shape index (κ2) is 3.33. The van der Waals surface area contributed by atoms with E-state index in [2.05, 4.69) is 4.74 Å². The Morgan fingerprint density at radius 3 is 2.71 bits per heavy atom. The highest BCUT2D eigenvalue weighted by Crippen LogP contribution is 1.78. The second-order valence-corrected chi connectivity index (χ2v) is 0.991. The van der Waals surface area contributed by atoms with Crippen LogP contribution in [-0.2, 0) is 9.53 Å². The number of carbonyl (C=O) groups is 1. The number of carbonyl (C=O) groups excluding carboxylic acids is 1. The molecule has 0 unspecified atom stereocenters. The standard InChI is InChI=1S/C4H7NO2/c1-2-4(5)7-3-6/h3,5H,2H2,1H3. The van der Waals surface area contributed by atoms with Crippen LogP contribution in [0.1, 0.15) is 13.3 Å². The largest absolute Gasteiger partial charge is 0.414 e. The summed E-state index contributed by atoms with van der Waals surface area (Å²) in [6, 6.07) is 0. The molecule has 0 radical (unpaired) electrons. The van der Waals surface area contributed by atoms with Gasteiger partial charge in [0.25, 0.3) is 6.47 Å². The summed E-state index contributed by atoms with van der Waals surface area (Å²) in [5.41, 5.74) is 0. The van der Waals surface area contributed by atoms with Crippen molar-refractivity contribution in [2.75, 3.05) is 0 Å². The summed E-state index contributed by atoms with van der Waals surface area (Å²) in [6.45, 7) is 2.00. The van der Waals surface area contributed by atoms with Crippen LogP contribution in [0, 0.1) is 5.41 Å². The maximum Gasteiger partial charge on any atom is 0.299 e. The van der Waals surface area contributed by atoms with Crippen molar-refractivity contribution in [2.45, 2.75) is 13.3 Å². The SMILES string of the molecule is CCC(=N)OC=O. The summed E-state index contributed by atoms with van der Waals surface area (Å²) in [5, 5.41) is 6.68. The van der Waals surface area contributed by atoms with E-state index in [0.29, 0.717) is 6.42 Å². The molecule has 0 aromatic carbocycles. The highest BCUT2D eigenvalue weighted by atomic mass is 16.5. The minimum absolute atomic E-state index is 0.00926. The second-order valence-electron chi connectivity index (χ2n) is 0.991. The van der Waals surface area contributed by atoms with E-state index in [1.807, 2.05) is 0 Å². The minimum Gasteiger partial charge on any atom is -0.414 e. The maximum absolute atomic E-state index is 9.41. The lowest BCUT2D eigenvalue weighted by Crippen LogP contribution is -1.97. The first-order valence-electron chi connectivity index (χ1n) is 1.99. The number of ether oxygens (including phenoxy) is 1. The van der Waals surface area contributed by atoms with E-state index in [4.69, 9.17) is 5.41 Å². The van der Waals surface area contributed by atoms with Crippen LogP contribution in [0.2, 0.25) is 0 Å². The first-order valence-corrected chi connectivity index (χ1v) is 1.99. The number of nitrogens with one attached hydrogen (secondary N) is 1. The molecule has 0 fully saturated rings. The first-order chi connectivity index (χ1) is 3.31. The van der Waals surface area contributed by atoms with Gasteiger partial charge in [0.05, 0.1) is 0 Å². The van der Waals surface area contributed by atoms with Crippen molar-refractivity contribution in [1.82, 2.24) is 0 Å². The molecule has 0 atom stereocenters. The van der Waals surface area contributed by atoms with Gasteiger partial charge in [-0.3, -0.25) is 10.2 Å². The average Bonchev–Trinajstić information content (AvgIpc) is 1.68. The molecule has 0 aliphatic carbocycles. The van der Waals surface area contributed by atoms with Crippen molar-refractivity contribution < 1.29 is 9.53 Å². The van der Waals surface area contributed by atoms with Crippen LogP contribution in [-0.4, -0.2) is 12.4 Å². The van der Waals surface area contributed by atoms with E-state index in [1.165, 1.54) is 0 Å². The summed E-state index contributed by atoms with van der Waals surface area (Å²) in [4.78, 5) is 9.41. The molecule has 40 valence electrons. The highest BCUT2D eigenvalue weighted by molar-refractivity contribution is 5.78. The Kier molecular flexibility index (Phi) is 2.92. The number of rotatable bonds is 2. The lowest BCUT2D eigenvalue weighted by Gasteiger charge is -1.90. The van der Waals surface area contributed by atoms with Gasteiger partial charge in [-0.2, -0.15) is 0 Å². The summed E-state index contributed by atoms with van der Waals surface area (Å²) in [6.07, 6.45) is 0.471. The predicted octanol–water partition coefficient (Wildman–Crippen LogP) is 0.547. The zero-order valence-corrected chi connectivity index (χ0v) is 4.10. The summed E-state index contributed by atoms with van der Waals surface area (Å²) >= 11 is 0. The summed E-state index contributed by atoms with van der Waals surface area (Å²) < 4.78 is 4.09. The van der Waals surface area contributed by atoms with Gasteiger partial charge in [0, 0.05) is 6.42 Å². The fraction of sp³-hybridized carbons (Fsp3) is 0.500. The zero-order valence-electron chi connectivity index (χ0n) is 4.10. The van der Waals surface area contributed by atoms with Gasteiger partial charge in [0.1, 0.15) is 0 Å². The lowest BCUT2D eigenvalue weighted by atomic mass is 10.5. The molecule has 3 heteroatoms. The van der Waals surface area contributed by atoms with Crippen molar-refractivity contribution in [1.29, 1.82) is 5.41 Å². The molecule has 0 heterocycles. The maximum atomic E-state index is 9.41. The fourth-order valence-electron chi connectivity index (χ4n) is 0.141. The molecule has 0 aromatic rings. The Morgan fingerprint density at radius 2 is 2.57 bits per heavy atom. The fourth-order valence-corrected chi connectivity index (χ4v) is 0.141. The minimum atomic E-state index is 0.00926. The van der Waals surface area contributed by atoms with Gasteiger partial charge in [0.15, 0.2) is 5.90 Å². The quantitative estimate of drug-likeness (QED) is 0.313. The molecular weight excluding hydrogens is 94.0 g/mol. The van der Waals surface area contributed by atoms with E-state index in [9.17, 15) is 4.79 Å². The molecule has 0 rings (SSSR count). The van der Waals surface area contributed by atoms with E-state index >= 15 is 0 Å². The average molecular weight is 101 g/mol.